The topological polar surface area (TPSA) is 39.2 Å². The van der Waals surface area contributed by atoms with Crippen LogP contribution in [0.5, 0.6) is 0 Å². The van der Waals surface area contributed by atoms with Crippen LogP contribution in [0.25, 0.3) is 11.1 Å². The fourth-order valence-electron chi connectivity index (χ4n) is 1.67. The Balaban J connectivity index is 2.59. The van der Waals surface area contributed by atoms with E-state index in [1.54, 1.807) is 35.6 Å². The van der Waals surface area contributed by atoms with Crippen molar-refractivity contribution in [3.63, 3.8) is 0 Å². The van der Waals surface area contributed by atoms with Crippen molar-refractivity contribution in [2.24, 2.45) is 0 Å². The molecule has 2 nitrogen and oxygen atoms in total. The van der Waals surface area contributed by atoms with Crippen molar-refractivity contribution in [1.29, 1.82) is 0 Å². The van der Waals surface area contributed by atoms with Crippen LogP contribution < -0.4 is 5.73 Å². The van der Waals surface area contributed by atoms with Gasteiger partial charge >= 0.3 is 0 Å². The van der Waals surface area contributed by atoms with Gasteiger partial charge in [0.05, 0.1) is 21.7 Å². The summed E-state index contributed by atoms with van der Waals surface area (Å²) in [6.45, 7) is 2.16. The minimum Gasteiger partial charge on any atom is -0.472 e. The highest BCUT2D eigenvalue weighted by atomic mass is 32.2. The van der Waals surface area contributed by atoms with Gasteiger partial charge in [-0.05, 0) is 24.3 Å². The zero-order valence-electron chi connectivity index (χ0n) is 8.74. The molecule has 2 aromatic rings. The zero-order chi connectivity index (χ0) is 10.8. The number of thiophene rings is 1. The van der Waals surface area contributed by atoms with E-state index in [9.17, 15) is 0 Å². The van der Waals surface area contributed by atoms with Gasteiger partial charge in [-0.1, -0.05) is 6.92 Å². The number of hydrogen-bond acceptors (Lipinski definition) is 4. The maximum Gasteiger partial charge on any atom is 0.0982 e. The Bertz CT molecular complexity index is 445. The van der Waals surface area contributed by atoms with Crippen molar-refractivity contribution in [3.05, 3.63) is 24.2 Å². The van der Waals surface area contributed by atoms with Crippen LogP contribution in [0.1, 0.15) is 12.5 Å². The Labute approximate surface area is 97.5 Å². The van der Waals surface area contributed by atoms with E-state index in [1.165, 1.54) is 9.77 Å². The van der Waals surface area contributed by atoms with Gasteiger partial charge in [0.25, 0.3) is 0 Å². The number of nitrogen functional groups attached to an aromatic ring is 1. The van der Waals surface area contributed by atoms with Crippen LogP contribution in [0.4, 0.5) is 5.00 Å². The van der Waals surface area contributed by atoms with Crippen LogP contribution in [-0.4, -0.2) is 6.26 Å². The molecular formula is C11H13NOS2. The van der Waals surface area contributed by atoms with Crippen molar-refractivity contribution < 1.29 is 4.42 Å². The lowest BCUT2D eigenvalue weighted by Crippen LogP contribution is -1.87. The molecule has 2 aromatic heterocycles. The molecule has 0 spiro atoms. The highest BCUT2D eigenvalue weighted by Crippen LogP contribution is 2.43. The predicted molar refractivity (Wildman–Crippen MR) is 67.6 cm³/mol. The second kappa shape index (κ2) is 4.33. The number of hydrogen-bond donors (Lipinski definition) is 1. The Morgan fingerprint density at radius 3 is 2.87 bits per heavy atom. The third-order valence-electron chi connectivity index (χ3n) is 2.35. The molecule has 0 bridgehead atoms. The van der Waals surface area contributed by atoms with E-state index in [4.69, 9.17) is 10.2 Å². The molecule has 0 fully saturated rings. The molecule has 0 aromatic carbocycles. The molecular weight excluding hydrogens is 226 g/mol. The van der Waals surface area contributed by atoms with Crippen LogP contribution in [0.3, 0.4) is 0 Å². The van der Waals surface area contributed by atoms with Gasteiger partial charge in [-0.25, -0.2) is 0 Å². The first kappa shape index (κ1) is 10.6. The molecule has 0 aliphatic heterocycles. The minimum atomic E-state index is 0.887. The molecule has 2 rings (SSSR count). The van der Waals surface area contributed by atoms with Crippen LogP contribution in [0, 0.1) is 0 Å². The van der Waals surface area contributed by atoms with Crippen molar-refractivity contribution in [3.8, 4) is 11.1 Å². The second-order valence-electron chi connectivity index (χ2n) is 3.18. The molecule has 0 saturated carbocycles. The maximum absolute atomic E-state index is 6.05. The summed E-state index contributed by atoms with van der Waals surface area (Å²) in [5, 5.41) is 0.887. The van der Waals surface area contributed by atoms with E-state index in [0.717, 1.165) is 22.5 Å². The van der Waals surface area contributed by atoms with Gasteiger partial charge in [0.2, 0.25) is 0 Å². The number of furan rings is 1. The van der Waals surface area contributed by atoms with E-state index in [-0.39, 0.29) is 0 Å². The van der Waals surface area contributed by atoms with Crippen molar-refractivity contribution in [2.75, 3.05) is 12.0 Å². The largest absolute Gasteiger partial charge is 0.472 e. The van der Waals surface area contributed by atoms with E-state index >= 15 is 0 Å². The van der Waals surface area contributed by atoms with E-state index in [2.05, 4.69) is 13.2 Å². The smallest absolute Gasteiger partial charge is 0.0982 e. The number of thioether (sulfide) groups is 1. The highest BCUT2D eigenvalue weighted by molar-refractivity contribution is 8.00. The average molecular weight is 239 g/mol. The summed E-state index contributed by atoms with van der Waals surface area (Å²) in [4.78, 5) is 0. The first-order valence-corrected chi connectivity index (χ1v) is 6.79. The van der Waals surface area contributed by atoms with Crippen molar-refractivity contribution in [2.45, 2.75) is 17.6 Å². The van der Waals surface area contributed by atoms with Crippen LogP contribution in [-0.2, 0) is 6.42 Å². The quantitative estimate of drug-likeness (QED) is 0.826. The second-order valence-corrected chi connectivity index (χ2v) is 5.30. The van der Waals surface area contributed by atoms with Gasteiger partial charge in [0.15, 0.2) is 0 Å². The highest BCUT2D eigenvalue weighted by Gasteiger charge is 2.16. The molecule has 0 aliphatic carbocycles. The third kappa shape index (κ3) is 1.79. The van der Waals surface area contributed by atoms with Crippen LogP contribution in [0.15, 0.2) is 27.2 Å². The molecule has 4 heteroatoms. The molecule has 0 unspecified atom stereocenters. The zero-order valence-corrected chi connectivity index (χ0v) is 10.4. The van der Waals surface area contributed by atoms with Crippen LogP contribution >= 0.6 is 23.1 Å². The lowest BCUT2D eigenvalue weighted by Gasteiger charge is -2.01. The summed E-state index contributed by atoms with van der Waals surface area (Å²) in [6.07, 6.45) is 6.53. The lowest BCUT2D eigenvalue weighted by molar-refractivity contribution is 0.568. The Morgan fingerprint density at radius 1 is 1.53 bits per heavy atom. The summed E-state index contributed by atoms with van der Waals surface area (Å²) >= 11 is 3.42. The van der Waals surface area contributed by atoms with Gasteiger partial charge in [-0.3, -0.25) is 0 Å². The summed E-state index contributed by atoms with van der Waals surface area (Å²) in [7, 11) is 0. The fraction of sp³-hybridized carbons (Fsp3) is 0.273. The Kier molecular flexibility index (Phi) is 3.07. The molecule has 0 radical (unpaired) electrons. The van der Waals surface area contributed by atoms with Crippen molar-refractivity contribution >= 4 is 28.1 Å². The normalized spacial score (nSPS) is 10.8. The van der Waals surface area contributed by atoms with Gasteiger partial charge < -0.3 is 10.2 Å². The average Bonchev–Trinajstić information content (AvgIpc) is 2.83. The predicted octanol–water partition coefficient (Wildman–Crippen LogP) is 3.87. The molecule has 2 N–H and O–H groups in total. The monoisotopic (exact) mass is 239 g/mol. The van der Waals surface area contributed by atoms with E-state index in [0.29, 0.717) is 0 Å². The SMILES string of the molecule is CCc1c(SC)sc(N)c1-c1ccoc1. The summed E-state index contributed by atoms with van der Waals surface area (Å²) < 4.78 is 6.42. The first-order valence-electron chi connectivity index (χ1n) is 4.75. The number of nitrogens with two attached hydrogens (primary N) is 1. The van der Waals surface area contributed by atoms with Crippen molar-refractivity contribution in [1.82, 2.24) is 0 Å². The Hall–Kier alpha value is -0.870. The molecule has 0 amide bonds. The minimum absolute atomic E-state index is 0.887. The third-order valence-corrected chi connectivity index (χ3v) is 4.57. The number of rotatable bonds is 3. The van der Waals surface area contributed by atoms with E-state index in [1.807, 2.05) is 6.07 Å². The van der Waals surface area contributed by atoms with Gasteiger partial charge in [-0.2, -0.15) is 0 Å². The summed E-state index contributed by atoms with van der Waals surface area (Å²) in [5.74, 6) is 0. The van der Waals surface area contributed by atoms with E-state index < -0.39 is 0 Å². The Morgan fingerprint density at radius 2 is 2.33 bits per heavy atom. The van der Waals surface area contributed by atoms with Gasteiger partial charge in [0.1, 0.15) is 0 Å². The van der Waals surface area contributed by atoms with Gasteiger partial charge in [0, 0.05) is 11.1 Å². The maximum atomic E-state index is 6.05. The fourth-order valence-corrected chi connectivity index (χ4v) is 3.68. The lowest BCUT2D eigenvalue weighted by atomic mass is 10.1. The molecule has 15 heavy (non-hydrogen) atoms. The molecule has 80 valence electrons. The standard InChI is InChI=1S/C11H13NOS2/c1-3-8-9(7-4-5-13-6-7)10(12)15-11(8)14-2/h4-6H,3,12H2,1-2H3. The first-order chi connectivity index (χ1) is 7.27. The summed E-state index contributed by atoms with van der Waals surface area (Å²) in [6, 6.07) is 1.96. The van der Waals surface area contributed by atoms with Gasteiger partial charge in [-0.15, -0.1) is 23.1 Å². The molecule has 2 heterocycles. The molecule has 0 aliphatic rings. The number of anilines is 1. The van der Waals surface area contributed by atoms with Crippen LogP contribution in [0.2, 0.25) is 0 Å². The molecule has 0 atom stereocenters. The summed E-state index contributed by atoms with van der Waals surface area (Å²) in [5.41, 5.74) is 9.62. The molecule has 0 saturated heterocycles.